The van der Waals surface area contributed by atoms with Crippen molar-refractivity contribution in [3.8, 4) is 0 Å². The molecule has 0 bridgehead atoms. The summed E-state index contributed by atoms with van der Waals surface area (Å²) < 4.78 is 5.63. The lowest BCUT2D eigenvalue weighted by atomic mass is 10.1. The van der Waals surface area contributed by atoms with E-state index in [0.717, 1.165) is 51.7 Å². The van der Waals surface area contributed by atoms with Crippen molar-refractivity contribution in [3.63, 3.8) is 0 Å². The number of anilines is 1. The third-order valence-corrected chi connectivity index (χ3v) is 3.47. The van der Waals surface area contributed by atoms with Gasteiger partial charge in [0.1, 0.15) is 0 Å². The second-order valence-corrected chi connectivity index (χ2v) is 5.11. The summed E-state index contributed by atoms with van der Waals surface area (Å²) in [6.45, 7) is 2.04. The number of ether oxygens (including phenoxy) is 1. The van der Waals surface area contributed by atoms with Crippen LogP contribution >= 0.6 is 0 Å². The van der Waals surface area contributed by atoms with Gasteiger partial charge in [0.2, 0.25) is 0 Å². The Morgan fingerprint density at radius 1 is 0.950 bits per heavy atom. The molecule has 0 aliphatic carbocycles. The van der Waals surface area contributed by atoms with E-state index in [0.29, 0.717) is 6.61 Å². The summed E-state index contributed by atoms with van der Waals surface area (Å²) in [6.07, 6.45) is 7.71. The fourth-order valence-corrected chi connectivity index (χ4v) is 2.27. The van der Waals surface area contributed by atoms with Gasteiger partial charge in [-0.05, 0) is 43.7 Å². The van der Waals surface area contributed by atoms with Gasteiger partial charge in [-0.1, -0.05) is 31.0 Å². The summed E-state index contributed by atoms with van der Waals surface area (Å²) in [5, 5.41) is 11.9. The molecular weight excluding hydrogens is 250 g/mol. The monoisotopic (exact) mass is 279 g/mol. The van der Waals surface area contributed by atoms with Crippen LogP contribution in [0, 0.1) is 0 Å². The average Bonchev–Trinajstić information content (AvgIpc) is 2.49. The molecule has 0 aromatic heterocycles. The standard InChI is InChI=1S/C17H29NO2/c1-18-17-12-5-4-10-16(17)11-6-9-15-20-14-8-3-2-7-13-19/h4-5,10,12,18-19H,2-3,6-9,11,13-15H2,1H3. The number of unbranched alkanes of at least 4 members (excludes halogenated alkanes) is 4. The van der Waals surface area contributed by atoms with E-state index < -0.39 is 0 Å². The number of aliphatic hydroxyl groups excluding tert-OH is 1. The van der Waals surface area contributed by atoms with Crippen LogP contribution in [-0.4, -0.2) is 32.0 Å². The topological polar surface area (TPSA) is 41.5 Å². The Morgan fingerprint density at radius 2 is 1.65 bits per heavy atom. The predicted molar refractivity (Wildman–Crippen MR) is 85.3 cm³/mol. The van der Waals surface area contributed by atoms with Crippen LogP contribution in [0.2, 0.25) is 0 Å². The fraction of sp³-hybridized carbons (Fsp3) is 0.647. The Bertz CT molecular complexity index is 342. The molecule has 3 nitrogen and oxygen atoms in total. The third-order valence-electron chi connectivity index (χ3n) is 3.47. The maximum atomic E-state index is 8.66. The van der Waals surface area contributed by atoms with Gasteiger partial charge in [0, 0.05) is 32.6 Å². The Hall–Kier alpha value is -1.06. The second-order valence-electron chi connectivity index (χ2n) is 5.11. The summed E-state index contributed by atoms with van der Waals surface area (Å²) in [5.41, 5.74) is 2.62. The van der Waals surface area contributed by atoms with Crippen molar-refractivity contribution >= 4 is 5.69 Å². The van der Waals surface area contributed by atoms with Crippen LogP contribution in [0.15, 0.2) is 24.3 Å². The van der Waals surface area contributed by atoms with Gasteiger partial charge in [0.25, 0.3) is 0 Å². The molecule has 2 N–H and O–H groups in total. The van der Waals surface area contributed by atoms with Crippen molar-refractivity contribution in [2.45, 2.75) is 44.9 Å². The summed E-state index contributed by atoms with van der Waals surface area (Å²) in [4.78, 5) is 0. The molecule has 1 rings (SSSR count). The molecule has 1 aromatic rings. The van der Waals surface area contributed by atoms with Crippen molar-refractivity contribution in [3.05, 3.63) is 29.8 Å². The Labute approximate surface area is 123 Å². The van der Waals surface area contributed by atoms with E-state index in [-0.39, 0.29) is 0 Å². The Kier molecular flexibility index (Phi) is 9.98. The zero-order valence-electron chi connectivity index (χ0n) is 12.7. The van der Waals surface area contributed by atoms with Crippen LogP contribution in [0.25, 0.3) is 0 Å². The van der Waals surface area contributed by atoms with E-state index in [1.165, 1.54) is 17.7 Å². The quantitative estimate of drug-likeness (QED) is 0.574. The zero-order chi connectivity index (χ0) is 14.5. The lowest BCUT2D eigenvalue weighted by Gasteiger charge is -2.08. The summed E-state index contributed by atoms with van der Waals surface area (Å²) in [7, 11) is 1.97. The molecule has 20 heavy (non-hydrogen) atoms. The van der Waals surface area contributed by atoms with E-state index in [1.54, 1.807) is 0 Å². The molecule has 3 heteroatoms. The first kappa shape index (κ1) is 17.0. The fourth-order valence-electron chi connectivity index (χ4n) is 2.27. The first-order chi connectivity index (χ1) is 9.88. The minimum Gasteiger partial charge on any atom is -0.396 e. The summed E-state index contributed by atoms with van der Waals surface area (Å²) >= 11 is 0. The average molecular weight is 279 g/mol. The van der Waals surface area contributed by atoms with Gasteiger partial charge in [-0.15, -0.1) is 0 Å². The molecule has 0 fully saturated rings. The SMILES string of the molecule is CNc1ccccc1CCCCOCCCCCCO. The smallest absolute Gasteiger partial charge is 0.0466 e. The van der Waals surface area contributed by atoms with Crippen molar-refractivity contribution in [1.29, 1.82) is 0 Å². The number of rotatable bonds is 12. The van der Waals surface area contributed by atoms with E-state index in [4.69, 9.17) is 9.84 Å². The number of aliphatic hydroxyl groups is 1. The molecule has 0 radical (unpaired) electrons. The number of hydrogen-bond acceptors (Lipinski definition) is 3. The van der Waals surface area contributed by atoms with Crippen molar-refractivity contribution in [2.24, 2.45) is 0 Å². The molecule has 0 amide bonds. The highest BCUT2D eigenvalue weighted by molar-refractivity contribution is 5.50. The molecule has 0 aliphatic rings. The number of aryl methyl sites for hydroxylation is 1. The van der Waals surface area contributed by atoms with Crippen molar-refractivity contribution in [1.82, 2.24) is 0 Å². The molecule has 0 aliphatic heterocycles. The maximum absolute atomic E-state index is 8.66. The van der Waals surface area contributed by atoms with E-state index in [9.17, 15) is 0 Å². The molecule has 114 valence electrons. The Balaban J connectivity index is 1.97. The minimum absolute atomic E-state index is 0.314. The highest BCUT2D eigenvalue weighted by Crippen LogP contribution is 2.16. The normalized spacial score (nSPS) is 10.7. The number of benzene rings is 1. The van der Waals surface area contributed by atoms with Gasteiger partial charge in [-0.3, -0.25) is 0 Å². The van der Waals surface area contributed by atoms with Gasteiger partial charge >= 0.3 is 0 Å². The number of nitrogens with one attached hydrogen (secondary N) is 1. The molecule has 1 aromatic carbocycles. The van der Waals surface area contributed by atoms with Gasteiger partial charge in [0.05, 0.1) is 0 Å². The zero-order valence-corrected chi connectivity index (χ0v) is 12.7. The minimum atomic E-state index is 0.314. The van der Waals surface area contributed by atoms with E-state index in [1.807, 2.05) is 7.05 Å². The summed E-state index contributed by atoms with van der Waals surface area (Å²) in [6, 6.07) is 8.47. The second kappa shape index (κ2) is 11.7. The molecular formula is C17H29NO2. The third kappa shape index (κ3) is 7.51. The van der Waals surface area contributed by atoms with Gasteiger partial charge in [0.15, 0.2) is 0 Å². The van der Waals surface area contributed by atoms with Crippen LogP contribution in [0.3, 0.4) is 0 Å². The molecule has 0 spiro atoms. The number of hydrogen-bond donors (Lipinski definition) is 2. The van der Waals surface area contributed by atoms with Gasteiger partial charge in [-0.25, -0.2) is 0 Å². The van der Waals surface area contributed by atoms with Crippen molar-refractivity contribution < 1.29 is 9.84 Å². The highest BCUT2D eigenvalue weighted by atomic mass is 16.5. The van der Waals surface area contributed by atoms with Crippen LogP contribution in [0.5, 0.6) is 0 Å². The van der Waals surface area contributed by atoms with Crippen molar-refractivity contribution in [2.75, 3.05) is 32.2 Å². The molecule has 0 saturated heterocycles. The van der Waals surface area contributed by atoms with E-state index in [2.05, 4.69) is 29.6 Å². The highest BCUT2D eigenvalue weighted by Gasteiger charge is 1.99. The Morgan fingerprint density at radius 3 is 2.40 bits per heavy atom. The first-order valence-corrected chi connectivity index (χ1v) is 7.82. The summed E-state index contributed by atoms with van der Waals surface area (Å²) in [5.74, 6) is 0. The van der Waals surface area contributed by atoms with Gasteiger partial charge in [-0.2, -0.15) is 0 Å². The van der Waals surface area contributed by atoms with Crippen LogP contribution in [0.4, 0.5) is 5.69 Å². The predicted octanol–water partition coefficient (Wildman–Crippen LogP) is 3.62. The lowest BCUT2D eigenvalue weighted by Crippen LogP contribution is -1.99. The molecule has 0 heterocycles. The van der Waals surface area contributed by atoms with Crippen LogP contribution in [0.1, 0.15) is 44.1 Å². The largest absolute Gasteiger partial charge is 0.396 e. The molecule has 0 saturated carbocycles. The maximum Gasteiger partial charge on any atom is 0.0466 e. The van der Waals surface area contributed by atoms with Gasteiger partial charge < -0.3 is 15.2 Å². The lowest BCUT2D eigenvalue weighted by molar-refractivity contribution is 0.126. The molecule has 0 atom stereocenters. The van der Waals surface area contributed by atoms with E-state index >= 15 is 0 Å². The number of para-hydroxylation sites is 1. The molecule has 0 unspecified atom stereocenters. The van der Waals surface area contributed by atoms with Crippen LogP contribution in [-0.2, 0) is 11.2 Å². The first-order valence-electron chi connectivity index (χ1n) is 7.82. The van der Waals surface area contributed by atoms with Crippen LogP contribution < -0.4 is 5.32 Å².